The van der Waals surface area contributed by atoms with E-state index in [0.717, 1.165) is 36.0 Å². The van der Waals surface area contributed by atoms with Crippen molar-refractivity contribution in [1.82, 2.24) is 5.32 Å². The third-order valence-electron chi connectivity index (χ3n) is 3.09. The minimum Gasteiger partial charge on any atom is -0.381 e. The maximum Gasteiger partial charge on any atom is 0.252 e. The van der Waals surface area contributed by atoms with Gasteiger partial charge in [0.25, 0.3) is 5.91 Å². The molecule has 0 bridgehead atoms. The van der Waals surface area contributed by atoms with E-state index in [-0.39, 0.29) is 5.91 Å². The van der Waals surface area contributed by atoms with E-state index in [4.69, 9.17) is 4.74 Å². The smallest absolute Gasteiger partial charge is 0.252 e. The van der Waals surface area contributed by atoms with E-state index in [1.54, 1.807) is 11.3 Å². The molecule has 4 heteroatoms. The zero-order valence-corrected chi connectivity index (χ0v) is 11.9. The topological polar surface area (TPSA) is 38.3 Å². The first-order valence-electron chi connectivity index (χ1n) is 6.60. The summed E-state index contributed by atoms with van der Waals surface area (Å²) in [6.07, 6.45) is 3.54. The van der Waals surface area contributed by atoms with Gasteiger partial charge in [0.1, 0.15) is 0 Å². The molecule has 1 aliphatic rings. The monoisotopic (exact) mass is 267 g/mol. The first-order chi connectivity index (χ1) is 8.66. The highest BCUT2D eigenvalue weighted by atomic mass is 32.1. The van der Waals surface area contributed by atoms with Crippen molar-refractivity contribution >= 4 is 17.2 Å². The number of hydrogen-bond acceptors (Lipinski definition) is 3. The molecule has 1 N–H and O–H groups in total. The van der Waals surface area contributed by atoms with Crippen molar-refractivity contribution in [2.24, 2.45) is 5.92 Å². The third-order valence-corrected chi connectivity index (χ3v) is 4.05. The molecule has 1 aromatic heterocycles. The number of carbonyl (C=O) groups is 1. The molecule has 3 nitrogen and oxygen atoms in total. The summed E-state index contributed by atoms with van der Waals surface area (Å²) in [5.74, 6) is 0.857. The maximum atomic E-state index is 11.9. The fraction of sp³-hybridized carbons (Fsp3) is 0.643. The van der Waals surface area contributed by atoms with E-state index in [0.29, 0.717) is 6.54 Å². The van der Waals surface area contributed by atoms with Crippen LogP contribution in [0.5, 0.6) is 0 Å². The molecule has 1 saturated carbocycles. The van der Waals surface area contributed by atoms with Gasteiger partial charge >= 0.3 is 0 Å². The van der Waals surface area contributed by atoms with Gasteiger partial charge in [-0.2, -0.15) is 0 Å². The summed E-state index contributed by atoms with van der Waals surface area (Å²) in [5.41, 5.74) is 0.816. The highest BCUT2D eigenvalue weighted by molar-refractivity contribution is 7.12. The molecule has 0 radical (unpaired) electrons. The van der Waals surface area contributed by atoms with Crippen LogP contribution in [0.2, 0.25) is 0 Å². The lowest BCUT2D eigenvalue weighted by Gasteiger charge is -2.05. The van der Waals surface area contributed by atoms with Gasteiger partial charge in [0.2, 0.25) is 0 Å². The van der Waals surface area contributed by atoms with Crippen LogP contribution in [-0.2, 0) is 4.74 Å². The Morgan fingerprint density at radius 3 is 2.89 bits per heavy atom. The van der Waals surface area contributed by atoms with Gasteiger partial charge in [-0.05, 0) is 45.1 Å². The van der Waals surface area contributed by atoms with E-state index < -0.39 is 0 Å². The minimum absolute atomic E-state index is 0.0408. The summed E-state index contributed by atoms with van der Waals surface area (Å²) in [6.45, 7) is 6.36. The summed E-state index contributed by atoms with van der Waals surface area (Å²) in [4.78, 5) is 14.2. The maximum absolute atomic E-state index is 11.9. The van der Waals surface area contributed by atoms with E-state index in [1.807, 2.05) is 19.9 Å². The molecule has 100 valence electrons. The van der Waals surface area contributed by atoms with Crippen molar-refractivity contribution in [1.29, 1.82) is 0 Å². The van der Waals surface area contributed by atoms with Crippen LogP contribution in [0.15, 0.2) is 6.07 Å². The fourth-order valence-corrected chi connectivity index (χ4v) is 2.78. The van der Waals surface area contributed by atoms with Crippen molar-refractivity contribution in [3.63, 3.8) is 0 Å². The van der Waals surface area contributed by atoms with Gasteiger partial charge < -0.3 is 10.1 Å². The second kappa shape index (κ2) is 6.34. The van der Waals surface area contributed by atoms with Crippen LogP contribution >= 0.6 is 11.3 Å². The molecule has 1 fully saturated rings. The van der Waals surface area contributed by atoms with Crippen molar-refractivity contribution in [3.05, 3.63) is 21.4 Å². The van der Waals surface area contributed by atoms with Crippen LogP contribution < -0.4 is 5.32 Å². The predicted octanol–water partition coefficient (Wildman–Crippen LogP) is 2.91. The zero-order chi connectivity index (χ0) is 13.0. The number of aryl methyl sites for hydroxylation is 2. The highest BCUT2D eigenvalue weighted by Crippen LogP contribution is 2.28. The highest BCUT2D eigenvalue weighted by Gasteiger charge is 2.20. The number of carbonyl (C=O) groups excluding carboxylic acids is 1. The molecule has 1 heterocycles. The first-order valence-corrected chi connectivity index (χ1v) is 7.41. The standard InChI is InChI=1S/C14H21NO2S/c1-10-8-13(11(2)18-10)14(16)15-6-3-7-17-9-12-4-5-12/h8,12H,3-7,9H2,1-2H3,(H,15,16). The summed E-state index contributed by atoms with van der Waals surface area (Å²) >= 11 is 1.67. The Labute approximate surface area is 113 Å². The number of rotatable bonds is 7. The minimum atomic E-state index is 0.0408. The number of nitrogens with one attached hydrogen (secondary N) is 1. The molecule has 0 aliphatic heterocycles. The van der Waals surface area contributed by atoms with E-state index in [2.05, 4.69) is 5.32 Å². The lowest BCUT2D eigenvalue weighted by molar-refractivity contribution is 0.0937. The quantitative estimate of drug-likeness (QED) is 0.771. The largest absolute Gasteiger partial charge is 0.381 e. The second-order valence-electron chi connectivity index (χ2n) is 4.95. The molecule has 0 unspecified atom stereocenters. The Morgan fingerprint density at radius 2 is 2.28 bits per heavy atom. The molecular weight excluding hydrogens is 246 g/mol. The number of amides is 1. The Hall–Kier alpha value is -0.870. The van der Waals surface area contributed by atoms with Crippen molar-refractivity contribution in [2.45, 2.75) is 33.1 Å². The van der Waals surface area contributed by atoms with E-state index >= 15 is 0 Å². The summed E-state index contributed by atoms with van der Waals surface area (Å²) in [5, 5.41) is 2.94. The van der Waals surface area contributed by atoms with Gasteiger partial charge in [-0.25, -0.2) is 0 Å². The molecule has 0 saturated heterocycles. The molecule has 0 aromatic carbocycles. The molecule has 2 rings (SSSR count). The normalized spacial score (nSPS) is 14.8. The molecular formula is C14H21NO2S. The zero-order valence-electron chi connectivity index (χ0n) is 11.1. The van der Waals surface area contributed by atoms with E-state index in [9.17, 15) is 4.79 Å². The molecule has 0 spiro atoms. The summed E-state index contributed by atoms with van der Waals surface area (Å²) < 4.78 is 5.52. The van der Waals surface area contributed by atoms with Crippen molar-refractivity contribution < 1.29 is 9.53 Å². The first kappa shape index (κ1) is 13.6. The fourth-order valence-electron chi connectivity index (χ4n) is 1.86. The Morgan fingerprint density at radius 1 is 1.50 bits per heavy atom. The number of thiophene rings is 1. The van der Waals surface area contributed by atoms with Crippen LogP contribution in [0, 0.1) is 19.8 Å². The van der Waals surface area contributed by atoms with Crippen molar-refractivity contribution in [2.75, 3.05) is 19.8 Å². The van der Waals surface area contributed by atoms with Gasteiger partial charge in [0.15, 0.2) is 0 Å². The van der Waals surface area contributed by atoms with Gasteiger partial charge in [0, 0.05) is 29.5 Å². The van der Waals surface area contributed by atoms with Crippen LogP contribution in [0.1, 0.15) is 39.4 Å². The van der Waals surface area contributed by atoms with Crippen LogP contribution in [0.4, 0.5) is 0 Å². The van der Waals surface area contributed by atoms with Crippen LogP contribution in [-0.4, -0.2) is 25.7 Å². The Kier molecular flexibility index (Phi) is 4.78. The van der Waals surface area contributed by atoms with Crippen molar-refractivity contribution in [3.8, 4) is 0 Å². The molecule has 1 aliphatic carbocycles. The SMILES string of the molecule is Cc1cc(C(=O)NCCCOCC2CC2)c(C)s1. The lowest BCUT2D eigenvalue weighted by atomic mass is 10.2. The average molecular weight is 267 g/mol. The lowest BCUT2D eigenvalue weighted by Crippen LogP contribution is -2.25. The number of hydrogen-bond donors (Lipinski definition) is 1. The molecule has 1 amide bonds. The van der Waals surface area contributed by atoms with Gasteiger partial charge in [-0.3, -0.25) is 4.79 Å². The second-order valence-corrected chi connectivity index (χ2v) is 6.42. The van der Waals surface area contributed by atoms with Crippen LogP contribution in [0.3, 0.4) is 0 Å². The predicted molar refractivity (Wildman–Crippen MR) is 74.3 cm³/mol. The summed E-state index contributed by atoms with van der Waals surface area (Å²) in [6, 6.07) is 1.96. The molecule has 1 aromatic rings. The van der Waals surface area contributed by atoms with Gasteiger partial charge in [-0.1, -0.05) is 0 Å². The molecule has 18 heavy (non-hydrogen) atoms. The van der Waals surface area contributed by atoms with E-state index in [1.165, 1.54) is 17.7 Å². The molecule has 0 atom stereocenters. The Bertz CT molecular complexity index is 410. The third kappa shape index (κ3) is 4.10. The van der Waals surface area contributed by atoms with Gasteiger partial charge in [0.05, 0.1) is 5.56 Å². The summed E-state index contributed by atoms with van der Waals surface area (Å²) in [7, 11) is 0. The van der Waals surface area contributed by atoms with Crippen LogP contribution in [0.25, 0.3) is 0 Å². The number of ether oxygens (including phenoxy) is 1. The van der Waals surface area contributed by atoms with Gasteiger partial charge in [-0.15, -0.1) is 11.3 Å². The average Bonchev–Trinajstić information content (AvgIpc) is 3.08. The Balaban J connectivity index is 1.60.